The third-order valence-corrected chi connectivity index (χ3v) is 14.5. The molecular weight excluding hydrogens is 973 g/mol. The van der Waals surface area contributed by atoms with Crippen LogP contribution in [0.25, 0.3) is 0 Å². The lowest BCUT2D eigenvalue weighted by Crippen LogP contribution is -2.44. The lowest BCUT2D eigenvalue weighted by Gasteiger charge is -2.31. The summed E-state index contributed by atoms with van der Waals surface area (Å²) in [5.74, 6) is -1.02. The van der Waals surface area contributed by atoms with Gasteiger partial charge in [0.05, 0.1) is 0 Å². The molecule has 424 valence electrons. The molecule has 4 aromatic carbocycles. The molecule has 4 N–H and O–H groups in total. The van der Waals surface area contributed by atoms with Gasteiger partial charge in [0.25, 0.3) is 0 Å². The second-order valence-corrected chi connectivity index (χ2v) is 23.9. The van der Waals surface area contributed by atoms with Crippen LogP contribution in [0.3, 0.4) is 0 Å². The zero-order valence-electron chi connectivity index (χ0n) is 49.3. The molecule has 0 spiro atoms. The maximum atomic E-state index is 13.8. The normalized spacial score (nSPS) is 12.1. The molecule has 0 amide bonds. The van der Waals surface area contributed by atoms with Crippen LogP contribution in [0.2, 0.25) is 0 Å². The molecule has 4 aromatic rings. The third kappa shape index (κ3) is 18.0. The molecule has 0 saturated carbocycles. The summed E-state index contributed by atoms with van der Waals surface area (Å²) in [5.41, 5.74) is 8.16. The highest BCUT2D eigenvalue weighted by atomic mass is 16.6. The predicted octanol–water partition coefficient (Wildman–Crippen LogP) is 14.5. The first-order valence-corrected chi connectivity index (χ1v) is 28.1. The van der Waals surface area contributed by atoms with Gasteiger partial charge in [-0.15, -0.1) is 0 Å². The fraction of sp³-hybridized carbons (Fsp3) is 0.569. The molecule has 0 saturated heterocycles. The minimum absolute atomic E-state index is 0.0363. The number of ether oxygens (including phenoxy) is 4. The molecular formula is C65H92O12. The number of phenolic OH excluding ortho intramolecular Hbond substituents is 4. The summed E-state index contributed by atoms with van der Waals surface area (Å²) < 4.78 is 24.0. The number of benzene rings is 4. The van der Waals surface area contributed by atoms with Gasteiger partial charge in [-0.1, -0.05) is 159 Å². The van der Waals surface area contributed by atoms with Crippen molar-refractivity contribution >= 4 is 23.9 Å². The number of hydrogen-bond donors (Lipinski definition) is 4. The van der Waals surface area contributed by atoms with Crippen LogP contribution in [0.15, 0.2) is 48.5 Å². The fourth-order valence-electron chi connectivity index (χ4n) is 9.53. The summed E-state index contributed by atoms with van der Waals surface area (Å²) in [7, 11) is 0. The van der Waals surface area contributed by atoms with Crippen LogP contribution < -0.4 is 0 Å². The van der Waals surface area contributed by atoms with Crippen molar-refractivity contribution in [2.24, 2.45) is 5.41 Å². The van der Waals surface area contributed by atoms with E-state index >= 15 is 0 Å². The van der Waals surface area contributed by atoms with Crippen LogP contribution in [0.4, 0.5) is 0 Å². The molecule has 0 aromatic heterocycles. The van der Waals surface area contributed by atoms with Crippen LogP contribution in [0.1, 0.15) is 251 Å². The molecule has 77 heavy (non-hydrogen) atoms. The quantitative estimate of drug-likeness (QED) is 0.0312. The maximum absolute atomic E-state index is 13.8. The molecule has 0 atom stereocenters. The summed E-state index contributed by atoms with van der Waals surface area (Å²) in [6.07, 6.45) is 1.08. The Balaban J connectivity index is 1.68. The van der Waals surface area contributed by atoms with E-state index in [2.05, 4.69) is 0 Å². The van der Waals surface area contributed by atoms with Crippen molar-refractivity contribution in [2.75, 3.05) is 26.4 Å². The van der Waals surface area contributed by atoms with E-state index in [0.29, 0.717) is 25.7 Å². The van der Waals surface area contributed by atoms with Crippen molar-refractivity contribution in [3.8, 4) is 23.0 Å². The molecule has 4 rings (SSSR count). The Morgan fingerprint density at radius 1 is 0.312 bits per heavy atom. The number of carbonyl (C=O) groups excluding carboxylic acids is 4. The molecule has 0 aliphatic carbocycles. The summed E-state index contributed by atoms with van der Waals surface area (Å²) in [4.78, 5) is 55.3. The second kappa shape index (κ2) is 28.5. The van der Waals surface area contributed by atoms with Crippen molar-refractivity contribution in [3.05, 3.63) is 115 Å². The molecule has 12 nitrogen and oxygen atoms in total. The molecule has 0 heterocycles. The van der Waals surface area contributed by atoms with E-state index in [1.165, 1.54) is 0 Å². The summed E-state index contributed by atoms with van der Waals surface area (Å²) in [6, 6.07) is 15.3. The zero-order valence-corrected chi connectivity index (χ0v) is 49.3. The van der Waals surface area contributed by atoms with E-state index < -0.39 is 55.7 Å². The Hall–Kier alpha value is -6.04. The van der Waals surface area contributed by atoms with Gasteiger partial charge < -0.3 is 39.4 Å². The van der Waals surface area contributed by atoms with Crippen molar-refractivity contribution in [1.29, 1.82) is 0 Å². The van der Waals surface area contributed by atoms with Crippen molar-refractivity contribution in [2.45, 2.75) is 209 Å². The standard InChI is InChI=1S/C65H92O12/c1-37(2)49-25-45(26-50(38(3)4)61(49)70)17-21-57(66)74-33-65(34-75-58(67)22-18-46-27-51(39(5)6)62(71)52(28-46)40(7)8,35-76-59(68)23-19-47-29-53(41(9)10)63(72)54(30-47)42(11)12)36-77-60(69)24-20-48-31-55(43(13)14)64(73)56(32-48)44(15)16/h25-32,37-44,70-73H,17-24,33-36H2,1-16H3. The Morgan fingerprint density at radius 2 is 0.455 bits per heavy atom. The number of rotatable bonds is 28. The minimum atomic E-state index is -1.54. The number of phenols is 4. The van der Waals surface area contributed by atoms with Gasteiger partial charge in [0.2, 0.25) is 0 Å². The highest BCUT2D eigenvalue weighted by Crippen LogP contribution is 2.39. The fourth-order valence-corrected chi connectivity index (χ4v) is 9.53. The first kappa shape index (κ1) is 63.5. The predicted molar refractivity (Wildman–Crippen MR) is 305 cm³/mol. The Bertz CT molecular complexity index is 2170. The van der Waals surface area contributed by atoms with Crippen molar-refractivity contribution in [1.82, 2.24) is 0 Å². The van der Waals surface area contributed by atoms with E-state index in [-0.39, 0.29) is 96.0 Å². The molecule has 0 radical (unpaired) electrons. The number of hydrogen-bond acceptors (Lipinski definition) is 12. The van der Waals surface area contributed by atoms with E-state index in [1.54, 1.807) is 0 Å². The highest BCUT2D eigenvalue weighted by Gasteiger charge is 2.38. The lowest BCUT2D eigenvalue weighted by molar-refractivity contribution is -0.170. The third-order valence-electron chi connectivity index (χ3n) is 14.5. The van der Waals surface area contributed by atoms with Gasteiger partial charge in [-0.05, 0) is 140 Å². The number of esters is 4. The summed E-state index contributed by atoms with van der Waals surface area (Å²) in [5, 5.41) is 44.1. The Morgan fingerprint density at radius 3 is 0.584 bits per heavy atom. The molecule has 0 aliphatic heterocycles. The number of carbonyl (C=O) groups is 4. The topological polar surface area (TPSA) is 186 Å². The number of aromatic hydroxyl groups is 4. The molecule has 0 aliphatic rings. The van der Waals surface area contributed by atoms with E-state index in [9.17, 15) is 39.6 Å². The van der Waals surface area contributed by atoms with Crippen LogP contribution in [0.5, 0.6) is 23.0 Å². The molecule has 0 bridgehead atoms. The van der Waals surface area contributed by atoms with Crippen molar-refractivity contribution in [3.63, 3.8) is 0 Å². The highest BCUT2D eigenvalue weighted by molar-refractivity contribution is 5.72. The van der Waals surface area contributed by atoms with E-state index in [1.807, 2.05) is 159 Å². The minimum Gasteiger partial charge on any atom is -0.507 e. The van der Waals surface area contributed by atoms with Gasteiger partial charge in [0.15, 0.2) is 0 Å². The molecule has 0 unspecified atom stereocenters. The van der Waals surface area contributed by atoms with Gasteiger partial charge in [0.1, 0.15) is 54.8 Å². The average molecular weight is 1070 g/mol. The molecule has 12 heteroatoms. The van der Waals surface area contributed by atoms with Crippen LogP contribution in [-0.2, 0) is 63.8 Å². The van der Waals surface area contributed by atoms with Crippen molar-refractivity contribution < 1.29 is 58.6 Å². The average Bonchev–Trinajstić information content (AvgIpc) is 3.35. The monoisotopic (exact) mass is 1060 g/mol. The Labute approximate surface area is 460 Å². The van der Waals surface area contributed by atoms with Gasteiger partial charge in [0, 0.05) is 25.7 Å². The number of aryl methyl sites for hydroxylation is 4. The first-order valence-electron chi connectivity index (χ1n) is 28.1. The lowest BCUT2D eigenvalue weighted by atomic mass is 9.90. The van der Waals surface area contributed by atoms with Crippen LogP contribution in [-0.4, -0.2) is 70.7 Å². The van der Waals surface area contributed by atoms with Gasteiger partial charge in [-0.25, -0.2) is 0 Å². The maximum Gasteiger partial charge on any atom is 0.306 e. The Kier molecular flexibility index (Phi) is 23.5. The smallest absolute Gasteiger partial charge is 0.306 e. The molecule has 0 fully saturated rings. The van der Waals surface area contributed by atoms with Gasteiger partial charge in [-0.2, -0.15) is 0 Å². The SMILES string of the molecule is CC(C)c1cc(CCC(=O)OCC(COC(=O)CCc2cc(C(C)C)c(O)c(C(C)C)c2)(COC(=O)CCc2cc(C(C)C)c(O)c(C(C)C)c2)COC(=O)CCc2cc(C(C)C)c(O)c(C(C)C)c2)cc(C(C)C)c1O. The van der Waals surface area contributed by atoms with Gasteiger partial charge in [-0.3, -0.25) is 19.2 Å². The zero-order chi connectivity index (χ0) is 57.6. The van der Waals surface area contributed by atoms with Crippen LogP contribution in [0, 0.1) is 5.41 Å². The van der Waals surface area contributed by atoms with E-state index in [4.69, 9.17) is 18.9 Å². The second-order valence-electron chi connectivity index (χ2n) is 23.9. The summed E-state index contributed by atoms with van der Waals surface area (Å²) >= 11 is 0. The van der Waals surface area contributed by atoms with E-state index in [0.717, 1.165) is 66.8 Å². The first-order chi connectivity index (χ1) is 36.0. The summed E-state index contributed by atoms with van der Waals surface area (Å²) in [6.45, 7) is 30.3. The van der Waals surface area contributed by atoms with Crippen LogP contribution >= 0.6 is 0 Å². The largest absolute Gasteiger partial charge is 0.507 e. The van der Waals surface area contributed by atoms with Gasteiger partial charge >= 0.3 is 23.9 Å².